The number of fused-ring (bicyclic) bond motifs is 1. The molecule has 86 valence electrons. The van der Waals surface area contributed by atoms with E-state index in [0.29, 0.717) is 5.75 Å². The van der Waals surface area contributed by atoms with Gasteiger partial charge in [0.2, 0.25) is 0 Å². The Morgan fingerprint density at radius 3 is 2.88 bits per heavy atom. The van der Waals surface area contributed by atoms with Gasteiger partial charge in [0.05, 0.1) is 6.61 Å². The van der Waals surface area contributed by atoms with Gasteiger partial charge >= 0.3 is 0 Å². The highest BCUT2D eigenvalue weighted by molar-refractivity contribution is 5.77. The van der Waals surface area contributed by atoms with E-state index in [4.69, 9.17) is 4.74 Å². The van der Waals surface area contributed by atoms with E-state index in [-0.39, 0.29) is 0 Å². The predicted molar refractivity (Wildman–Crippen MR) is 67.5 cm³/mol. The largest absolute Gasteiger partial charge is 0.507 e. The van der Waals surface area contributed by atoms with E-state index >= 15 is 0 Å². The van der Waals surface area contributed by atoms with Crippen LogP contribution in [0.3, 0.4) is 0 Å². The van der Waals surface area contributed by atoms with E-state index in [1.807, 2.05) is 31.2 Å². The molecule has 0 unspecified atom stereocenters. The summed E-state index contributed by atoms with van der Waals surface area (Å²) in [6.07, 6.45) is 0.954. The van der Waals surface area contributed by atoms with E-state index in [1.165, 1.54) is 5.56 Å². The maximum atomic E-state index is 9.96. The molecule has 0 bridgehead atoms. The Balaban J connectivity index is 2.22. The zero-order valence-electron chi connectivity index (χ0n) is 9.73. The quantitative estimate of drug-likeness (QED) is 0.808. The number of benzene rings is 2. The van der Waals surface area contributed by atoms with Gasteiger partial charge < -0.3 is 9.84 Å². The van der Waals surface area contributed by atoms with Gasteiger partial charge in [-0.25, -0.2) is 0 Å². The lowest BCUT2D eigenvalue weighted by atomic mass is 9.99. The first kappa shape index (κ1) is 10.2. The molecule has 0 radical (unpaired) electrons. The first-order valence-corrected chi connectivity index (χ1v) is 5.80. The van der Waals surface area contributed by atoms with Gasteiger partial charge in [-0.2, -0.15) is 0 Å². The zero-order chi connectivity index (χ0) is 11.8. The lowest BCUT2D eigenvalue weighted by Gasteiger charge is -2.10. The minimum Gasteiger partial charge on any atom is -0.507 e. The summed E-state index contributed by atoms with van der Waals surface area (Å²) in [7, 11) is 0. The molecule has 1 N–H and O–H groups in total. The summed E-state index contributed by atoms with van der Waals surface area (Å²) < 4.78 is 5.67. The highest BCUT2D eigenvalue weighted by atomic mass is 16.5. The summed E-state index contributed by atoms with van der Waals surface area (Å²) in [5.74, 6) is 1.23. The topological polar surface area (TPSA) is 29.5 Å². The molecule has 0 saturated carbocycles. The van der Waals surface area contributed by atoms with E-state index in [1.54, 1.807) is 6.07 Å². The normalized spacial score (nSPS) is 13.2. The van der Waals surface area contributed by atoms with Crippen molar-refractivity contribution in [2.75, 3.05) is 6.61 Å². The smallest absolute Gasteiger partial charge is 0.130 e. The van der Waals surface area contributed by atoms with Crippen LogP contribution >= 0.6 is 0 Å². The number of phenolic OH excluding ortho intramolecular Hbond substituents is 1. The van der Waals surface area contributed by atoms with Gasteiger partial charge in [-0.3, -0.25) is 0 Å². The van der Waals surface area contributed by atoms with Crippen molar-refractivity contribution < 1.29 is 9.84 Å². The first-order chi connectivity index (χ1) is 8.25. The Labute approximate surface area is 100 Å². The number of ether oxygens (including phenoxy) is 1. The molecule has 0 spiro atoms. The fourth-order valence-electron chi connectivity index (χ4n) is 2.29. The Hall–Kier alpha value is -1.96. The van der Waals surface area contributed by atoms with Crippen LogP contribution in [0, 0.1) is 6.92 Å². The second kappa shape index (κ2) is 3.81. The van der Waals surface area contributed by atoms with Gasteiger partial charge in [0.1, 0.15) is 11.5 Å². The Bertz CT molecular complexity index is 573. The van der Waals surface area contributed by atoms with E-state index in [0.717, 1.165) is 35.5 Å². The van der Waals surface area contributed by atoms with Crippen molar-refractivity contribution in [2.24, 2.45) is 0 Å². The van der Waals surface area contributed by atoms with Crippen molar-refractivity contribution in [3.05, 3.63) is 47.5 Å². The third-order valence-corrected chi connectivity index (χ3v) is 3.16. The molecule has 0 aromatic heterocycles. The number of aromatic hydroxyl groups is 1. The van der Waals surface area contributed by atoms with Gasteiger partial charge in [-0.15, -0.1) is 0 Å². The van der Waals surface area contributed by atoms with Crippen LogP contribution < -0.4 is 4.74 Å². The van der Waals surface area contributed by atoms with Gasteiger partial charge in [-0.05, 0) is 24.6 Å². The molecule has 2 aromatic carbocycles. The summed E-state index contributed by atoms with van der Waals surface area (Å²) in [6.45, 7) is 2.76. The Morgan fingerprint density at radius 2 is 2.00 bits per heavy atom. The summed E-state index contributed by atoms with van der Waals surface area (Å²) in [4.78, 5) is 0. The molecule has 0 saturated heterocycles. The molecule has 2 aromatic rings. The predicted octanol–water partition coefficient (Wildman–Crippen LogP) is 3.30. The second-order valence-electron chi connectivity index (χ2n) is 4.41. The number of hydrogen-bond donors (Lipinski definition) is 1. The third-order valence-electron chi connectivity index (χ3n) is 3.16. The fraction of sp³-hybridized carbons (Fsp3) is 0.200. The van der Waals surface area contributed by atoms with Crippen molar-refractivity contribution in [3.8, 4) is 22.6 Å². The van der Waals surface area contributed by atoms with Crippen LogP contribution in [-0.4, -0.2) is 11.7 Å². The van der Waals surface area contributed by atoms with Crippen LogP contribution in [0.1, 0.15) is 11.1 Å². The molecule has 2 heteroatoms. The molecule has 1 heterocycles. The monoisotopic (exact) mass is 226 g/mol. The van der Waals surface area contributed by atoms with Crippen LogP contribution in [0.15, 0.2) is 36.4 Å². The molecular formula is C15H14O2. The van der Waals surface area contributed by atoms with Crippen molar-refractivity contribution in [1.29, 1.82) is 0 Å². The third kappa shape index (κ3) is 1.66. The van der Waals surface area contributed by atoms with Crippen molar-refractivity contribution in [2.45, 2.75) is 13.3 Å². The van der Waals surface area contributed by atoms with Crippen LogP contribution in [0.5, 0.6) is 11.5 Å². The number of para-hydroxylation sites is 1. The first-order valence-electron chi connectivity index (χ1n) is 5.80. The lowest BCUT2D eigenvalue weighted by molar-refractivity contribution is 0.358. The molecule has 0 aliphatic carbocycles. The summed E-state index contributed by atoms with van der Waals surface area (Å²) >= 11 is 0. The van der Waals surface area contributed by atoms with Gasteiger partial charge in [0, 0.05) is 17.5 Å². The van der Waals surface area contributed by atoms with Gasteiger partial charge in [0.15, 0.2) is 0 Å². The summed E-state index contributed by atoms with van der Waals surface area (Å²) in [6, 6.07) is 11.7. The zero-order valence-corrected chi connectivity index (χ0v) is 9.73. The molecule has 0 fully saturated rings. The maximum Gasteiger partial charge on any atom is 0.130 e. The molecule has 1 aliphatic heterocycles. The fourth-order valence-corrected chi connectivity index (χ4v) is 2.29. The Morgan fingerprint density at radius 1 is 1.12 bits per heavy atom. The van der Waals surface area contributed by atoms with Crippen LogP contribution in [0.4, 0.5) is 0 Å². The minimum atomic E-state index is 0.305. The van der Waals surface area contributed by atoms with Gasteiger partial charge in [-0.1, -0.05) is 29.8 Å². The number of hydrogen-bond acceptors (Lipinski definition) is 2. The maximum absolute atomic E-state index is 9.96. The van der Waals surface area contributed by atoms with Crippen LogP contribution in [-0.2, 0) is 6.42 Å². The van der Waals surface area contributed by atoms with Crippen LogP contribution in [0.2, 0.25) is 0 Å². The second-order valence-corrected chi connectivity index (χ2v) is 4.41. The van der Waals surface area contributed by atoms with Crippen LogP contribution in [0.25, 0.3) is 11.1 Å². The lowest BCUT2D eigenvalue weighted by Crippen LogP contribution is -1.89. The molecule has 3 rings (SSSR count). The highest BCUT2D eigenvalue weighted by Gasteiger charge is 2.18. The molecule has 17 heavy (non-hydrogen) atoms. The number of phenols is 1. The van der Waals surface area contributed by atoms with Crippen molar-refractivity contribution in [3.63, 3.8) is 0 Å². The average Bonchev–Trinajstić information content (AvgIpc) is 2.80. The standard InChI is InChI=1S/C15H14O2/c1-10-5-6-14(16)13(9-10)12-4-2-3-11-7-8-17-15(11)12/h2-6,9,16H,7-8H2,1H3. The molecule has 1 aliphatic rings. The van der Waals surface area contributed by atoms with Crippen molar-refractivity contribution in [1.82, 2.24) is 0 Å². The van der Waals surface area contributed by atoms with E-state index in [9.17, 15) is 5.11 Å². The highest BCUT2D eigenvalue weighted by Crippen LogP contribution is 2.40. The average molecular weight is 226 g/mol. The van der Waals surface area contributed by atoms with E-state index < -0.39 is 0 Å². The SMILES string of the molecule is Cc1ccc(O)c(-c2cccc3c2OCC3)c1. The molecular weight excluding hydrogens is 212 g/mol. The molecule has 0 atom stereocenters. The van der Waals surface area contributed by atoms with Crippen molar-refractivity contribution >= 4 is 0 Å². The van der Waals surface area contributed by atoms with E-state index in [2.05, 4.69) is 6.07 Å². The number of rotatable bonds is 1. The molecule has 0 amide bonds. The number of aryl methyl sites for hydroxylation is 1. The summed E-state index contributed by atoms with van der Waals surface area (Å²) in [5.41, 5.74) is 4.20. The summed E-state index contributed by atoms with van der Waals surface area (Å²) in [5, 5.41) is 9.96. The van der Waals surface area contributed by atoms with Gasteiger partial charge in [0.25, 0.3) is 0 Å². The Kier molecular flexibility index (Phi) is 2.29. The minimum absolute atomic E-state index is 0.305. The molecule has 2 nitrogen and oxygen atoms in total.